The Labute approximate surface area is 493 Å². The van der Waals surface area contributed by atoms with Gasteiger partial charge in [-0.25, -0.2) is 69.2 Å². The molecule has 0 radical (unpaired) electrons. The Hall–Kier alpha value is -9.22. The molecule has 27 heteroatoms. The molecular weight excluding hydrogens is 1260 g/mol. The van der Waals surface area contributed by atoms with E-state index in [-0.39, 0.29) is 16.6 Å². The van der Waals surface area contributed by atoms with E-state index in [0.717, 1.165) is 76.3 Å². The largest absolute Gasteiger partial charge is 0.264 e. The number of rotatable bonds is 8. The molecule has 0 spiro atoms. The lowest BCUT2D eigenvalue weighted by Gasteiger charge is -2.11. The van der Waals surface area contributed by atoms with Crippen molar-refractivity contribution in [3.05, 3.63) is 220 Å². The zero-order valence-corrected chi connectivity index (χ0v) is 49.2. The summed E-state index contributed by atoms with van der Waals surface area (Å²) in [6, 6.07) is 28.3. The molecule has 83 heavy (non-hydrogen) atoms. The Morgan fingerprint density at radius 1 is 0.590 bits per heavy atom. The smallest absolute Gasteiger partial charge is 0.157 e. The average molecular weight is 1310 g/mol. The molecule has 22 nitrogen and oxygen atoms in total. The van der Waals surface area contributed by atoms with Crippen LogP contribution in [0, 0.1) is 42.9 Å². The topological polar surface area (TPSA) is 237 Å². The van der Waals surface area contributed by atoms with Crippen molar-refractivity contribution in [3.8, 4) is 39.3 Å². The Morgan fingerprint density at radius 2 is 1.13 bits per heavy atom. The number of nitrogens with zero attached hydrogens (tertiary/aromatic N) is 19. The van der Waals surface area contributed by atoms with E-state index in [1.807, 2.05) is 126 Å². The zero-order chi connectivity index (χ0) is 57.8. The summed E-state index contributed by atoms with van der Waals surface area (Å²) < 4.78 is 68.2. The number of halogens is 4. The summed E-state index contributed by atoms with van der Waals surface area (Å²) >= 11 is 5.62. The van der Waals surface area contributed by atoms with Crippen LogP contribution in [-0.2, 0) is 15.6 Å². The maximum atomic E-state index is 14.7. The Bertz CT molecular complexity index is 4680. The van der Waals surface area contributed by atoms with Gasteiger partial charge in [-0.05, 0) is 187 Å². The van der Waals surface area contributed by atoms with Crippen molar-refractivity contribution in [1.29, 1.82) is 0 Å². The highest BCUT2D eigenvalue weighted by atomic mass is 127. The monoisotopic (exact) mass is 1310 g/mol. The minimum absolute atomic E-state index is 0.143. The van der Waals surface area contributed by atoms with E-state index in [1.54, 1.807) is 81.3 Å². The number of hydrogen-bond donors (Lipinski definition) is 1. The summed E-state index contributed by atoms with van der Waals surface area (Å²) in [6.07, 6.45) is 22.5. The molecule has 0 atom stereocenters. The number of aromatic amines is 1. The number of aryl methyl sites for hydroxylation is 4. The number of aromatic nitrogens is 20. The van der Waals surface area contributed by atoms with Crippen LogP contribution < -0.4 is 0 Å². The number of fused-ring (bicyclic) bond motifs is 4. The summed E-state index contributed by atoms with van der Waals surface area (Å²) in [5, 5.41) is 35.7. The molecule has 1 N–H and O–H groups in total. The maximum Gasteiger partial charge on any atom is 0.157 e. The van der Waals surface area contributed by atoms with Crippen LogP contribution in [0.4, 0.5) is 8.78 Å². The fourth-order valence-electron chi connectivity index (χ4n) is 8.60. The quantitative estimate of drug-likeness (QED) is 0.139. The lowest BCUT2D eigenvalue weighted by atomic mass is 9.96. The molecule has 1 aliphatic carbocycles. The van der Waals surface area contributed by atoms with Crippen molar-refractivity contribution in [2.45, 2.75) is 51.5 Å². The van der Waals surface area contributed by atoms with Gasteiger partial charge in [-0.3, -0.25) is 5.10 Å². The van der Waals surface area contributed by atoms with Gasteiger partial charge in [0.05, 0.1) is 84.7 Å². The number of hydrogen-bond acceptors (Lipinski definition) is 14. The molecule has 0 saturated heterocycles. The molecule has 12 aromatic heterocycles. The fraction of sp³-hybridized carbons (Fsp3) is 0.143. The van der Waals surface area contributed by atoms with Crippen molar-refractivity contribution in [1.82, 2.24) is 97.9 Å². The summed E-state index contributed by atoms with van der Waals surface area (Å²) in [7, 11) is -3.31. The van der Waals surface area contributed by atoms with Gasteiger partial charge < -0.3 is 0 Å². The van der Waals surface area contributed by atoms with Gasteiger partial charge in [-0.1, -0.05) is 0 Å². The fourth-order valence-corrected chi connectivity index (χ4v) is 11.2. The summed E-state index contributed by atoms with van der Waals surface area (Å²) in [6.45, 7) is 7.39. The van der Waals surface area contributed by atoms with Gasteiger partial charge in [-0.2, -0.15) is 40.8 Å². The standard InChI is InChI=1S/C26H21F2N5O2S.C10H8IN5.C10H9N5.C7H5BrN2.C3H5N3/c1-16-29-15-33(31-16)21-3-7-26-24(12-30-32(26)13-21)19-9-17(14-36(34,35)22-4-5-22)8-18(10-19)23-6-2-20(27)11-25(23)28;1-7-12-6-16(14-7)8-2-3-10-9(11)4-13-15(10)5-8;1-8-11-7-15(13-8)10-3-2-9-4-5-12-14(9)6-10;8-6-1-2-7-3-4-9-10(7)5-6;1-3-4-2-5-6-3/h2-3,6-13,15,22H,4-5,14H2,1H3;2-6H,1H3;2-7H,1H3;1-5H;2H,1H3,(H,4,5,6). The van der Waals surface area contributed by atoms with Crippen LogP contribution in [0.3, 0.4) is 0 Å². The van der Waals surface area contributed by atoms with Gasteiger partial charge in [0.1, 0.15) is 60.2 Å². The average Bonchev–Trinajstić information content (AvgIpc) is 4.11. The van der Waals surface area contributed by atoms with E-state index in [9.17, 15) is 17.2 Å². The van der Waals surface area contributed by atoms with Crippen molar-refractivity contribution in [2.75, 3.05) is 0 Å². The van der Waals surface area contributed by atoms with Crippen molar-refractivity contribution < 1.29 is 17.2 Å². The molecule has 12 heterocycles. The zero-order valence-electron chi connectivity index (χ0n) is 44.6. The number of H-pyrrole nitrogens is 1. The molecular formula is C56H48BrF2IN20O2S. The summed E-state index contributed by atoms with van der Waals surface area (Å²) in [5.74, 6) is 1.49. The molecule has 14 aromatic rings. The Kier molecular flexibility index (Phi) is 16.2. The third-order valence-electron chi connectivity index (χ3n) is 12.8. The highest BCUT2D eigenvalue weighted by molar-refractivity contribution is 14.1. The van der Waals surface area contributed by atoms with Crippen LogP contribution in [-0.4, -0.2) is 112 Å². The molecule has 2 aromatic carbocycles. The minimum Gasteiger partial charge on any atom is -0.264 e. The normalized spacial score (nSPS) is 12.1. The van der Waals surface area contributed by atoms with E-state index >= 15 is 0 Å². The van der Waals surface area contributed by atoms with Crippen LogP contribution in [0.15, 0.2) is 176 Å². The molecule has 1 fully saturated rings. The SMILES string of the molecule is Brc1ccc2ccnn2c1.Cc1ncn(-c2ccc3c(-c4cc(CS(=O)(=O)C5CC5)cc(-c5ccc(F)cc5F)c4)cnn3c2)n1.Cc1ncn(-c2ccc3c(I)cnn3c2)n1.Cc1ncn(-c2ccc3ccnn3c2)n1.Cc1ncn[nH]1. The van der Waals surface area contributed by atoms with Crippen LogP contribution in [0.1, 0.15) is 41.7 Å². The predicted molar refractivity (Wildman–Crippen MR) is 318 cm³/mol. The summed E-state index contributed by atoms with van der Waals surface area (Å²) in [5.41, 5.74) is 9.40. The molecule has 1 aliphatic rings. The third-order valence-corrected chi connectivity index (χ3v) is 16.3. The number of pyridine rings is 4. The van der Waals surface area contributed by atoms with Crippen molar-refractivity contribution >= 4 is 70.4 Å². The van der Waals surface area contributed by atoms with Gasteiger partial charge in [-0.15, -0.1) is 0 Å². The first kappa shape index (κ1) is 55.7. The third kappa shape index (κ3) is 13.3. The van der Waals surface area contributed by atoms with E-state index in [0.29, 0.717) is 35.4 Å². The first-order chi connectivity index (χ1) is 40.1. The van der Waals surface area contributed by atoms with Crippen molar-refractivity contribution in [3.63, 3.8) is 0 Å². The van der Waals surface area contributed by atoms with E-state index < -0.39 is 21.5 Å². The highest BCUT2D eigenvalue weighted by Gasteiger charge is 2.35. The van der Waals surface area contributed by atoms with E-state index in [4.69, 9.17) is 0 Å². The van der Waals surface area contributed by atoms with Crippen LogP contribution in [0.2, 0.25) is 0 Å². The lowest BCUT2D eigenvalue weighted by molar-refractivity contribution is 0.585. The van der Waals surface area contributed by atoms with Crippen LogP contribution in [0.5, 0.6) is 0 Å². The van der Waals surface area contributed by atoms with Gasteiger partial charge in [0.15, 0.2) is 9.84 Å². The number of benzene rings is 2. The van der Waals surface area contributed by atoms with Gasteiger partial charge in [0, 0.05) is 40.3 Å². The second kappa shape index (κ2) is 24.1. The Balaban J connectivity index is 0.000000126. The number of nitrogens with one attached hydrogen (secondary N) is 1. The van der Waals surface area contributed by atoms with Gasteiger partial charge >= 0.3 is 0 Å². The van der Waals surface area contributed by atoms with Gasteiger partial charge in [0.25, 0.3) is 0 Å². The molecule has 0 amide bonds. The Morgan fingerprint density at radius 3 is 1.67 bits per heavy atom. The first-order valence-corrected chi connectivity index (χ1v) is 29.1. The van der Waals surface area contributed by atoms with E-state index in [1.165, 1.54) is 18.5 Å². The second-order valence-electron chi connectivity index (χ2n) is 19.0. The molecule has 1 saturated carbocycles. The summed E-state index contributed by atoms with van der Waals surface area (Å²) in [4.78, 5) is 16.1. The minimum atomic E-state index is -3.31. The van der Waals surface area contributed by atoms with Crippen LogP contribution in [0.25, 0.3) is 61.4 Å². The molecule has 15 rings (SSSR count). The first-order valence-electron chi connectivity index (χ1n) is 25.5. The molecule has 0 aliphatic heterocycles. The van der Waals surface area contributed by atoms with E-state index in [2.05, 4.69) is 104 Å². The molecule has 0 bridgehead atoms. The van der Waals surface area contributed by atoms with Crippen LogP contribution >= 0.6 is 38.5 Å². The molecule has 0 unspecified atom stereocenters. The van der Waals surface area contributed by atoms with Crippen molar-refractivity contribution in [2.24, 2.45) is 0 Å². The highest BCUT2D eigenvalue weighted by Crippen LogP contribution is 2.36. The lowest BCUT2D eigenvalue weighted by Crippen LogP contribution is -2.10. The number of sulfone groups is 1. The predicted octanol–water partition coefficient (Wildman–Crippen LogP) is 10.2. The van der Waals surface area contributed by atoms with Gasteiger partial charge in [0.2, 0.25) is 0 Å². The molecule has 418 valence electrons. The second-order valence-corrected chi connectivity index (χ2v) is 23.3. The maximum absolute atomic E-state index is 14.7.